The number of hydrogen-bond acceptors (Lipinski definition) is 12. The Bertz CT molecular complexity index is 2720. The molecule has 1 amide bonds. The smallest absolute Gasteiger partial charge is 0.268 e. The monoisotopic (exact) mass is 905 g/mol. The van der Waals surface area contributed by atoms with Crippen molar-refractivity contribution in [1.82, 2.24) is 19.6 Å². The minimum Gasteiger partial charge on any atom is -0.489 e. The van der Waals surface area contributed by atoms with Gasteiger partial charge in [0.05, 0.1) is 34.2 Å². The number of nitroso groups, excluding NO2 is 1. The van der Waals surface area contributed by atoms with E-state index in [-0.39, 0.29) is 74.6 Å². The molecule has 0 radical (unpaired) electrons. The minimum atomic E-state index is -4.58. The molecule has 16 heteroatoms. The normalized spacial score (nSPS) is 23.4. The molecule has 0 bridgehead atoms. The van der Waals surface area contributed by atoms with Crippen molar-refractivity contribution in [3.8, 4) is 17.2 Å². The van der Waals surface area contributed by atoms with Crippen molar-refractivity contribution in [3.63, 3.8) is 0 Å². The highest BCUT2D eigenvalue weighted by Gasteiger charge is 2.50. The first-order valence-electron chi connectivity index (χ1n) is 23.1. The Morgan fingerprint density at radius 2 is 1.82 bits per heavy atom. The number of likely N-dealkylation sites (tertiary alicyclic amines) is 1. The molecular formula is C49H56FN7O7S. The number of aliphatic hydroxyl groups is 1. The SMILES string of the molecule is CC(C)c1ccccc1[C@@H]1CCCN1C1CC2(CCN(c3ccc(C(=O)NS(=O)(=O)c4cc(N=O)c5c(c4)OC[C@@H]([C@H]4CC[C@H](O)CC4)N5)c(Oc4cnc5[nH]cc(F)c5c4)c3)CC2)C1. The number of benzene rings is 3. The zero-order chi connectivity index (χ0) is 45.0. The van der Waals surface area contributed by atoms with Gasteiger partial charge in [-0.25, -0.2) is 22.5 Å². The lowest BCUT2D eigenvalue weighted by atomic mass is 9.59. The van der Waals surface area contributed by atoms with Gasteiger partial charge in [0.15, 0.2) is 0 Å². The molecule has 2 atom stereocenters. The molecule has 4 fully saturated rings. The number of aromatic nitrogens is 2. The number of carbonyl (C=O) groups excluding carboxylic acids is 1. The van der Waals surface area contributed by atoms with Gasteiger partial charge in [-0.3, -0.25) is 9.69 Å². The molecule has 65 heavy (non-hydrogen) atoms. The van der Waals surface area contributed by atoms with Crippen LogP contribution >= 0.6 is 0 Å². The summed E-state index contributed by atoms with van der Waals surface area (Å²) in [6.45, 7) is 7.54. The third kappa shape index (κ3) is 8.44. The van der Waals surface area contributed by atoms with Crippen LogP contribution in [0.3, 0.4) is 0 Å². The Morgan fingerprint density at radius 1 is 1.03 bits per heavy atom. The highest BCUT2D eigenvalue weighted by Crippen LogP contribution is 2.54. The molecule has 1 spiro atoms. The van der Waals surface area contributed by atoms with Crippen molar-refractivity contribution in [2.75, 3.05) is 36.5 Å². The molecule has 10 rings (SSSR count). The molecule has 5 heterocycles. The van der Waals surface area contributed by atoms with Crippen molar-refractivity contribution >= 4 is 44.0 Å². The van der Waals surface area contributed by atoms with Crippen LogP contribution in [-0.4, -0.2) is 78.7 Å². The number of halogens is 1. The summed E-state index contributed by atoms with van der Waals surface area (Å²) in [5, 5.41) is 16.6. The van der Waals surface area contributed by atoms with Gasteiger partial charge >= 0.3 is 0 Å². The van der Waals surface area contributed by atoms with Gasteiger partial charge in [0.1, 0.15) is 46.7 Å². The maximum Gasteiger partial charge on any atom is 0.268 e. The van der Waals surface area contributed by atoms with E-state index in [1.165, 1.54) is 67.4 Å². The third-order valence-electron chi connectivity index (χ3n) is 14.9. The number of rotatable bonds is 11. The fraction of sp³-hybridized carbons (Fsp3) is 0.469. The van der Waals surface area contributed by atoms with E-state index in [2.05, 4.69) is 73.1 Å². The summed E-state index contributed by atoms with van der Waals surface area (Å²) < 4.78 is 56.9. The molecular weight excluding hydrogens is 850 g/mol. The van der Waals surface area contributed by atoms with Gasteiger partial charge in [-0.1, -0.05) is 38.1 Å². The Labute approximate surface area is 378 Å². The number of amides is 1. The second-order valence-corrected chi connectivity index (χ2v) is 20.9. The molecule has 0 unspecified atom stereocenters. The van der Waals surface area contributed by atoms with Gasteiger partial charge in [-0.15, -0.1) is 4.91 Å². The van der Waals surface area contributed by atoms with Crippen LogP contribution in [0.1, 0.15) is 112 Å². The van der Waals surface area contributed by atoms with Gasteiger partial charge in [0, 0.05) is 49.2 Å². The van der Waals surface area contributed by atoms with E-state index < -0.39 is 21.7 Å². The summed E-state index contributed by atoms with van der Waals surface area (Å²) in [5.74, 6) is -0.462. The van der Waals surface area contributed by atoms with Crippen LogP contribution in [0.2, 0.25) is 0 Å². The number of H-pyrrole nitrogens is 1. The van der Waals surface area contributed by atoms with Gasteiger partial charge in [0.25, 0.3) is 15.9 Å². The van der Waals surface area contributed by atoms with Crippen LogP contribution < -0.4 is 24.4 Å². The Balaban J connectivity index is 0.858. The number of hydrogen-bond donors (Lipinski definition) is 4. The first-order valence-corrected chi connectivity index (χ1v) is 24.6. The lowest BCUT2D eigenvalue weighted by molar-refractivity contribution is -0.0227. The molecule has 342 valence electrons. The molecule has 2 saturated heterocycles. The number of nitrogens with one attached hydrogen (secondary N) is 3. The number of aromatic amines is 1. The zero-order valence-corrected chi connectivity index (χ0v) is 37.6. The van der Waals surface area contributed by atoms with E-state index in [0.717, 1.165) is 57.1 Å². The molecule has 2 aliphatic carbocycles. The highest BCUT2D eigenvalue weighted by atomic mass is 32.2. The molecule has 14 nitrogen and oxygen atoms in total. The first-order chi connectivity index (χ1) is 31.4. The maximum absolute atomic E-state index is 14.6. The summed E-state index contributed by atoms with van der Waals surface area (Å²) in [5.41, 5.74) is 4.38. The average molecular weight is 906 g/mol. The van der Waals surface area contributed by atoms with Crippen LogP contribution in [0.5, 0.6) is 17.2 Å². The number of nitrogens with zero attached hydrogens (tertiary/aromatic N) is 4. The fourth-order valence-electron chi connectivity index (χ4n) is 11.3. The van der Waals surface area contributed by atoms with Crippen molar-refractivity contribution in [2.24, 2.45) is 16.5 Å². The van der Waals surface area contributed by atoms with Gasteiger partial charge < -0.3 is 29.8 Å². The quantitative estimate of drug-likeness (QED) is 0.0929. The van der Waals surface area contributed by atoms with Crippen LogP contribution in [0.15, 0.2) is 83.1 Å². The average Bonchev–Trinajstić information content (AvgIpc) is 3.94. The second kappa shape index (κ2) is 17.3. The second-order valence-electron chi connectivity index (χ2n) is 19.2. The Morgan fingerprint density at radius 3 is 2.58 bits per heavy atom. The minimum absolute atomic E-state index is 0.0625. The summed E-state index contributed by atoms with van der Waals surface area (Å²) in [7, 11) is -4.58. The molecule has 5 aliphatic rings. The molecule has 2 aromatic heterocycles. The number of ether oxygens (including phenoxy) is 2. The van der Waals surface area contributed by atoms with Crippen LogP contribution in [-0.2, 0) is 10.0 Å². The number of aliphatic hydroxyl groups excluding tert-OH is 1. The summed E-state index contributed by atoms with van der Waals surface area (Å²) >= 11 is 0. The van der Waals surface area contributed by atoms with Crippen LogP contribution in [0, 0.1) is 22.1 Å². The number of anilines is 2. The van der Waals surface area contributed by atoms with E-state index in [1.807, 2.05) is 0 Å². The standard InChI is InChI=1S/C49H56FN7O7S/c1-29(2)36-6-3-4-7-37(36)43-8-5-17-57(43)32-24-49(25-32)15-18-56(19-16-49)31-11-14-38(44(20-31)64-34-21-39-40(50)27-52-47(39)51-26-34)48(59)55-65(61,62)35-22-41(54-60)46-45(23-35)63-28-42(53-46)30-9-12-33(58)13-10-30/h3-4,6-7,11,14,20-23,26-27,29-30,32-33,42-43,53,58H,5,8-10,12-13,15-19,24-25,28H2,1-2H3,(H,51,52)(H,55,59)/t30-,33-,42-,43-/m0/s1. The molecule has 3 aromatic carbocycles. The molecule has 4 N–H and O–H groups in total. The van der Waals surface area contributed by atoms with Crippen molar-refractivity contribution in [1.29, 1.82) is 0 Å². The Hall–Kier alpha value is -5.58. The number of fused-ring (bicyclic) bond motifs is 2. The number of carbonyl (C=O) groups is 1. The first kappa shape index (κ1) is 43.3. The fourth-order valence-corrected chi connectivity index (χ4v) is 12.3. The van der Waals surface area contributed by atoms with Crippen molar-refractivity contribution in [2.45, 2.75) is 113 Å². The van der Waals surface area contributed by atoms with Gasteiger partial charge in [-0.05, 0) is 129 Å². The molecule has 2 saturated carbocycles. The zero-order valence-electron chi connectivity index (χ0n) is 36.8. The van der Waals surface area contributed by atoms with Crippen LogP contribution in [0.25, 0.3) is 11.0 Å². The number of sulfonamides is 1. The van der Waals surface area contributed by atoms with Gasteiger partial charge in [-0.2, -0.15) is 0 Å². The van der Waals surface area contributed by atoms with E-state index in [4.69, 9.17) is 9.47 Å². The largest absolute Gasteiger partial charge is 0.489 e. The van der Waals surface area contributed by atoms with Crippen molar-refractivity contribution in [3.05, 3.63) is 100 Å². The van der Waals surface area contributed by atoms with Crippen LogP contribution in [0.4, 0.5) is 21.5 Å². The Kier molecular flexibility index (Phi) is 11.6. The predicted octanol–water partition coefficient (Wildman–Crippen LogP) is 9.44. The molecule has 5 aromatic rings. The number of piperidine rings is 1. The van der Waals surface area contributed by atoms with E-state index in [0.29, 0.717) is 36.5 Å². The summed E-state index contributed by atoms with van der Waals surface area (Å²) in [6.07, 6.45) is 12.0. The number of pyridine rings is 1. The summed E-state index contributed by atoms with van der Waals surface area (Å²) in [4.78, 5) is 37.9. The predicted molar refractivity (Wildman–Crippen MR) is 246 cm³/mol. The topological polar surface area (TPSA) is 179 Å². The maximum atomic E-state index is 14.6. The lowest BCUT2D eigenvalue weighted by Gasteiger charge is -2.56. The summed E-state index contributed by atoms with van der Waals surface area (Å²) in [6, 6.07) is 18.7. The van der Waals surface area contributed by atoms with Gasteiger partial charge in [0.2, 0.25) is 0 Å². The van der Waals surface area contributed by atoms with Crippen molar-refractivity contribution < 1.29 is 32.2 Å². The van der Waals surface area contributed by atoms with E-state index >= 15 is 0 Å². The van der Waals surface area contributed by atoms with E-state index in [1.54, 1.807) is 12.1 Å². The highest BCUT2D eigenvalue weighted by molar-refractivity contribution is 7.90. The lowest BCUT2D eigenvalue weighted by Crippen LogP contribution is -2.54. The van der Waals surface area contributed by atoms with E-state index in [9.17, 15) is 27.6 Å². The third-order valence-corrected chi connectivity index (χ3v) is 16.2. The molecule has 3 aliphatic heterocycles.